The summed E-state index contributed by atoms with van der Waals surface area (Å²) in [5.41, 5.74) is 5.19. The zero-order chi connectivity index (χ0) is 12.6. The second-order valence-electron chi connectivity index (χ2n) is 4.75. The number of hydrogen-bond donors (Lipinski definition) is 1. The zero-order valence-electron chi connectivity index (χ0n) is 10.7. The Bertz CT molecular complexity index is 227. The van der Waals surface area contributed by atoms with Crippen molar-refractivity contribution in [2.45, 2.75) is 40.0 Å². The number of Topliss-reactive ketones (excluding diaryl/α,β-unsaturated/α-hetero) is 1. The standard InChI is InChI=1S/C12H24N2O2/c1-10(2)8-14(9-12(13)16)7-5-4-6-11(3)15/h10H,4-9H2,1-3H3,(H2,13,16). The maximum Gasteiger partial charge on any atom is 0.231 e. The fourth-order valence-corrected chi connectivity index (χ4v) is 1.68. The van der Waals surface area contributed by atoms with Crippen LogP contribution in [0.1, 0.15) is 40.0 Å². The quantitative estimate of drug-likeness (QED) is 0.603. The summed E-state index contributed by atoms with van der Waals surface area (Å²) in [6.45, 7) is 7.87. The molecule has 4 nitrogen and oxygen atoms in total. The molecule has 0 radical (unpaired) electrons. The van der Waals surface area contributed by atoms with Gasteiger partial charge < -0.3 is 10.5 Å². The van der Waals surface area contributed by atoms with Crippen LogP contribution in [-0.4, -0.2) is 36.2 Å². The molecular formula is C12H24N2O2. The van der Waals surface area contributed by atoms with Crippen LogP contribution in [0.4, 0.5) is 0 Å². The second-order valence-corrected chi connectivity index (χ2v) is 4.75. The van der Waals surface area contributed by atoms with Crippen LogP contribution in [0, 0.1) is 5.92 Å². The van der Waals surface area contributed by atoms with Gasteiger partial charge in [-0.05, 0) is 32.2 Å². The lowest BCUT2D eigenvalue weighted by Crippen LogP contribution is -2.36. The van der Waals surface area contributed by atoms with Crippen LogP contribution >= 0.6 is 0 Å². The van der Waals surface area contributed by atoms with E-state index in [1.807, 2.05) is 0 Å². The summed E-state index contributed by atoms with van der Waals surface area (Å²) in [4.78, 5) is 23.7. The van der Waals surface area contributed by atoms with E-state index in [0.29, 0.717) is 18.9 Å². The van der Waals surface area contributed by atoms with Crippen molar-refractivity contribution in [2.24, 2.45) is 11.7 Å². The van der Waals surface area contributed by atoms with Crippen molar-refractivity contribution >= 4 is 11.7 Å². The molecule has 0 aliphatic carbocycles. The van der Waals surface area contributed by atoms with Gasteiger partial charge in [0.05, 0.1) is 6.54 Å². The number of carbonyl (C=O) groups excluding carboxylic acids is 2. The highest BCUT2D eigenvalue weighted by molar-refractivity contribution is 5.76. The largest absolute Gasteiger partial charge is 0.369 e. The van der Waals surface area contributed by atoms with Gasteiger partial charge in [-0.15, -0.1) is 0 Å². The van der Waals surface area contributed by atoms with Gasteiger partial charge in [-0.1, -0.05) is 13.8 Å². The molecule has 94 valence electrons. The van der Waals surface area contributed by atoms with Crippen LogP contribution < -0.4 is 5.73 Å². The SMILES string of the molecule is CC(=O)CCCCN(CC(N)=O)CC(C)C. The summed E-state index contributed by atoms with van der Waals surface area (Å²) in [6.07, 6.45) is 2.47. The van der Waals surface area contributed by atoms with E-state index >= 15 is 0 Å². The fraction of sp³-hybridized carbons (Fsp3) is 0.833. The van der Waals surface area contributed by atoms with Crippen molar-refractivity contribution in [3.63, 3.8) is 0 Å². The Morgan fingerprint density at radius 3 is 2.31 bits per heavy atom. The summed E-state index contributed by atoms with van der Waals surface area (Å²) < 4.78 is 0. The lowest BCUT2D eigenvalue weighted by Gasteiger charge is -2.22. The normalized spacial score (nSPS) is 11.1. The molecule has 0 aliphatic rings. The van der Waals surface area contributed by atoms with Crippen molar-refractivity contribution in [3.8, 4) is 0 Å². The minimum Gasteiger partial charge on any atom is -0.369 e. The van der Waals surface area contributed by atoms with Crippen LogP contribution in [0.3, 0.4) is 0 Å². The molecule has 1 amide bonds. The van der Waals surface area contributed by atoms with Gasteiger partial charge in [-0.3, -0.25) is 9.69 Å². The number of hydrogen-bond acceptors (Lipinski definition) is 3. The second kappa shape index (κ2) is 8.28. The van der Waals surface area contributed by atoms with Gasteiger partial charge in [-0.25, -0.2) is 0 Å². The van der Waals surface area contributed by atoms with Crippen molar-refractivity contribution in [1.29, 1.82) is 0 Å². The third kappa shape index (κ3) is 9.65. The van der Waals surface area contributed by atoms with E-state index in [4.69, 9.17) is 5.73 Å². The lowest BCUT2D eigenvalue weighted by molar-refractivity contribution is -0.119. The molecule has 0 fully saturated rings. The summed E-state index contributed by atoms with van der Waals surface area (Å²) in [5.74, 6) is 0.463. The van der Waals surface area contributed by atoms with Crippen LogP contribution in [0.25, 0.3) is 0 Å². The molecule has 0 aliphatic heterocycles. The minimum atomic E-state index is -0.285. The highest BCUT2D eigenvalue weighted by Crippen LogP contribution is 2.03. The number of ketones is 1. The van der Waals surface area contributed by atoms with Gasteiger partial charge in [0.1, 0.15) is 5.78 Å². The molecule has 0 aromatic rings. The number of unbranched alkanes of at least 4 members (excludes halogenated alkanes) is 1. The summed E-state index contributed by atoms with van der Waals surface area (Å²) in [6, 6.07) is 0. The van der Waals surface area contributed by atoms with Gasteiger partial charge in [0, 0.05) is 13.0 Å². The third-order valence-electron chi connectivity index (χ3n) is 2.26. The Hall–Kier alpha value is -0.900. The summed E-state index contributed by atoms with van der Waals surface area (Å²) in [7, 11) is 0. The van der Waals surface area contributed by atoms with Gasteiger partial charge >= 0.3 is 0 Å². The van der Waals surface area contributed by atoms with Crippen molar-refractivity contribution < 1.29 is 9.59 Å². The molecule has 0 atom stereocenters. The van der Waals surface area contributed by atoms with Gasteiger partial charge in [0.15, 0.2) is 0 Å². The summed E-state index contributed by atoms with van der Waals surface area (Å²) in [5, 5.41) is 0. The number of nitrogens with two attached hydrogens (primary N) is 1. The van der Waals surface area contributed by atoms with Crippen LogP contribution in [0.5, 0.6) is 0 Å². The Labute approximate surface area is 98.2 Å². The van der Waals surface area contributed by atoms with Gasteiger partial charge in [0.25, 0.3) is 0 Å². The van der Waals surface area contributed by atoms with E-state index in [-0.39, 0.29) is 11.7 Å². The molecule has 0 unspecified atom stereocenters. The molecule has 0 saturated carbocycles. The van der Waals surface area contributed by atoms with Crippen molar-refractivity contribution in [2.75, 3.05) is 19.6 Å². The molecule has 2 N–H and O–H groups in total. The molecule has 0 rings (SSSR count). The van der Waals surface area contributed by atoms with Crippen LogP contribution in [0.2, 0.25) is 0 Å². The first-order chi connectivity index (χ1) is 7.41. The van der Waals surface area contributed by atoms with E-state index in [0.717, 1.165) is 25.9 Å². The number of amides is 1. The van der Waals surface area contributed by atoms with Gasteiger partial charge in [0.2, 0.25) is 5.91 Å². The van der Waals surface area contributed by atoms with E-state index in [1.54, 1.807) is 6.92 Å². The molecule has 4 heteroatoms. The maximum atomic E-state index is 10.9. The maximum absolute atomic E-state index is 10.9. The molecule has 16 heavy (non-hydrogen) atoms. The molecule has 0 bridgehead atoms. The average molecular weight is 228 g/mol. The molecular weight excluding hydrogens is 204 g/mol. The van der Waals surface area contributed by atoms with E-state index in [9.17, 15) is 9.59 Å². The third-order valence-corrected chi connectivity index (χ3v) is 2.26. The molecule has 0 spiro atoms. The van der Waals surface area contributed by atoms with Gasteiger partial charge in [-0.2, -0.15) is 0 Å². The summed E-state index contributed by atoms with van der Waals surface area (Å²) >= 11 is 0. The Morgan fingerprint density at radius 2 is 1.88 bits per heavy atom. The Balaban J connectivity index is 3.82. The zero-order valence-corrected chi connectivity index (χ0v) is 10.7. The molecule has 0 saturated heterocycles. The fourth-order valence-electron chi connectivity index (χ4n) is 1.68. The first-order valence-corrected chi connectivity index (χ1v) is 5.92. The highest BCUT2D eigenvalue weighted by Gasteiger charge is 2.09. The van der Waals surface area contributed by atoms with Crippen LogP contribution in [0.15, 0.2) is 0 Å². The molecule has 0 aromatic heterocycles. The first-order valence-electron chi connectivity index (χ1n) is 5.92. The van der Waals surface area contributed by atoms with Crippen molar-refractivity contribution in [3.05, 3.63) is 0 Å². The highest BCUT2D eigenvalue weighted by atomic mass is 16.1. The average Bonchev–Trinajstić information content (AvgIpc) is 2.09. The van der Waals surface area contributed by atoms with E-state index < -0.39 is 0 Å². The van der Waals surface area contributed by atoms with Crippen LogP contribution in [-0.2, 0) is 9.59 Å². The first kappa shape index (κ1) is 15.1. The smallest absolute Gasteiger partial charge is 0.231 e. The van der Waals surface area contributed by atoms with Crippen molar-refractivity contribution in [1.82, 2.24) is 4.90 Å². The predicted molar refractivity (Wildman–Crippen MR) is 65.0 cm³/mol. The number of primary amides is 1. The Morgan fingerprint density at radius 1 is 1.25 bits per heavy atom. The topological polar surface area (TPSA) is 63.4 Å². The minimum absolute atomic E-state index is 0.227. The number of nitrogens with zero attached hydrogens (tertiary/aromatic N) is 1. The Kier molecular flexibility index (Phi) is 7.81. The molecule has 0 heterocycles. The predicted octanol–water partition coefficient (Wildman–Crippen LogP) is 1.19. The van der Waals surface area contributed by atoms with E-state index in [1.165, 1.54) is 0 Å². The molecule has 0 aromatic carbocycles. The number of carbonyl (C=O) groups is 2. The van der Waals surface area contributed by atoms with E-state index in [2.05, 4.69) is 18.7 Å². The monoisotopic (exact) mass is 228 g/mol. The lowest BCUT2D eigenvalue weighted by atomic mass is 10.1. The number of rotatable bonds is 9.